The molecule has 3 aliphatic rings. The van der Waals surface area contributed by atoms with E-state index in [4.69, 9.17) is 9.47 Å². The Bertz CT molecular complexity index is 779. The monoisotopic (exact) mass is 386 g/mol. The second-order valence-electron chi connectivity index (χ2n) is 8.51. The number of hydrogen-bond acceptors (Lipinski definition) is 4. The van der Waals surface area contributed by atoms with Gasteiger partial charge in [0.15, 0.2) is 5.96 Å². The first-order valence-electron chi connectivity index (χ1n) is 10.00. The molecular formula is C21H30N4O3. The quantitative estimate of drug-likeness (QED) is 0.609. The summed E-state index contributed by atoms with van der Waals surface area (Å²) in [6, 6.07) is 7.96. The van der Waals surface area contributed by atoms with E-state index < -0.39 is 0 Å². The number of fused-ring (bicyclic) bond motifs is 1. The van der Waals surface area contributed by atoms with Crippen molar-refractivity contribution >= 4 is 17.6 Å². The van der Waals surface area contributed by atoms with E-state index in [1.807, 2.05) is 29.2 Å². The Hall–Kier alpha value is -2.28. The van der Waals surface area contributed by atoms with Crippen LogP contribution in [0.3, 0.4) is 0 Å². The number of benzene rings is 1. The van der Waals surface area contributed by atoms with Crippen molar-refractivity contribution in [2.75, 3.05) is 32.2 Å². The Kier molecular flexibility index (Phi) is 4.95. The lowest BCUT2D eigenvalue weighted by Gasteiger charge is -2.55. The highest BCUT2D eigenvalue weighted by molar-refractivity contribution is 5.97. The third kappa shape index (κ3) is 3.21. The van der Waals surface area contributed by atoms with Crippen LogP contribution in [0.2, 0.25) is 0 Å². The molecule has 1 aliphatic carbocycles. The molecule has 2 heterocycles. The number of rotatable bonds is 4. The van der Waals surface area contributed by atoms with Crippen LogP contribution in [0, 0.1) is 11.3 Å². The highest BCUT2D eigenvalue weighted by atomic mass is 16.5. The van der Waals surface area contributed by atoms with Gasteiger partial charge in [-0.15, -0.1) is 0 Å². The first kappa shape index (κ1) is 19.1. The largest absolute Gasteiger partial charge is 0.497 e. The maximum atomic E-state index is 12.6. The van der Waals surface area contributed by atoms with E-state index >= 15 is 0 Å². The summed E-state index contributed by atoms with van der Waals surface area (Å²) in [5.41, 5.74) is 0.944. The van der Waals surface area contributed by atoms with E-state index in [9.17, 15) is 4.79 Å². The smallest absolute Gasteiger partial charge is 0.229 e. The number of ether oxygens (including phenoxy) is 2. The number of amides is 1. The molecule has 152 valence electrons. The van der Waals surface area contributed by atoms with Gasteiger partial charge in [0.1, 0.15) is 5.75 Å². The molecule has 2 saturated heterocycles. The van der Waals surface area contributed by atoms with Crippen LogP contribution in [-0.2, 0) is 9.53 Å². The zero-order valence-electron chi connectivity index (χ0n) is 17.1. The van der Waals surface area contributed by atoms with Gasteiger partial charge in [0.05, 0.1) is 19.3 Å². The molecule has 1 saturated carbocycles. The molecule has 0 radical (unpaired) electrons. The average Bonchev–Trinajstić information content (AvgIpc) is 3.30. The predicted octanol–water partition coefficient (Wildman–Crippen LogP) is 1.78. The number of nitrogens with one attached hydrogen (secondary N) is 2. The third-order valence-electron chi connectivity index (χ3n) is 6.45. The molecule has 4 unspecified atom stereocenters. The van der Waals surface area contributed by atoms with Crippen molar-refractivity contribution in [3.63, 3.8) is 0 Å². The molecule has 28 heavy (non-hydrogen) atoms. The highest BCUT2D eigenvalue weighted by Gasteiger charge is 2.59. The Morgan fingerprint density at radius 1 is 1.36 bits per heavy atom. The van der Waals surface area contributed by atoms with Crippen LogP contribution >= 0.6 is 0 Å². The van der Waals surface area contributed by atoms with Gasteiger partial charge in [0.25, 0.3) is 0 Å². The second-order valence-corrected chi connectivity index (χ2v) is 8.51. The van der Waals surface area contributed by atoms with Crippen LogP contribution in [0.4, 0.5) is 5.69 Å². The molecule has 1 aromatic rings. The summed E-state index contributed by atoms with van der Waals surface area (Å²) in [5.74, 6) is 2.15. The van der Waals surface area contributed by atoms with Crippen LogP contribution < -0.4 is 20.3 Å². The minimum absolute atomic E-state index is 0.0173. The van der Waals surface area contributed by atoms with Gasteiger partial charge >= 0.3 is 0 Å². The lowest BCUT2D eigenvalue weighted by atomic mass is 9.57. The second kappa shape index (κ2) is 7.28. The molecule has 7 nitrogen and oxygen atoms in total. The fourth-order valence-electron chi connectivity index (χ4n) is 4.96. The number of anilines is 1. The van der Waals surface area contributed by atoms with Crippen LogP contribution in [-0.4, -0.2) is 57.4 Å². The molecule has 7 heteroatoms. The average molecular weight is 386 g/mol. The maximum absolute atomic E-state index is 12.6. The van der Waals surface area contributed by atoms with Crippen molar-refractivity contribution in [3.05, 3.63) is 24.3 Å². The zero-order chi connectivity index (χ0) is 19.9. The molecular weight excluding hydrogens is 356 g/mol. The highest BCUT2D eigenvalue weighted by Crippen LogP contribution is 2.52. The van der Waals surface area contributed by atoms with E-state index in [2.05, 4.69) is 29.5 Å². The molecule has 4 rings (SSSR count). The Balaban J connectivity index is 1.39. The van der Waals surface area contributed by atoms with Crippen LogP contribution in [0.15, 0.2) is 29.3 Å². The van der Waals surface area contributed by atoms with Gasteiger partial charge in [-0.25, -0.2) is 0 Å². The number of guanidine groups is 1. The van der Waals surface area contributed by atoms with Gasteiger partial charge in [0, 0.05) is 55.7 Å². The third-order valence-corrected chi connectivity index (χ3v) is 6.45. The van der Waals surface area contributed by atoms with Gasteiger partial charge in [-0.3, -0.25) is 9.79 Å². The van der Waals surface area contributed by atoms with Gasteiger partial charge in [0.2, 0.25) is 5.91 Å². The molecule has 0 spiro atoms. The van der Waals surface area contributed by atoms with Crippen molar-refractivity contribution in [1.29, 1.82) is 0 Å². The van der Waals surface area contributed by atoms with Crippen molar-refractivity contribution < 1.29 is 14.3 Å². The summed E-state index contributed by atoms with van der Waals surface area (Å²) in [4.78, 5) is 18.8. The summed E-state index contributed by atoms with van der Waals surface area (Å²) < 4.78 is 11.2. The molecule has 1 aromatic carbocycles. The van der Waals surface area contributed by atoms with Crippen LogP contribution in [0.1, 0.15) is 26.7 Å². The number of nitrogens with zero attached hydrogens (tertiary/aromatic N) is 2. The zero-order valence-corrected chi connectivity index (χ0v) is 17.1. The minimum Gasteiger partial charge on any atom is -0.497 e. The summed E-state index contributed by atoms with van der Waals surface area (Å²) in [5, 5.41) is 7.03. The van der Waals surface area contributed by atoms with Crippen molar-refractivity contribution in [3.8, 4) is 5.75 Å². The van der Waals surface area contributed by atoms with E-state index in [1.165, 1.54) is 0 Å². The summed E-state index contributed by atoms with van der Waals surface area (Å²) in [6.07, 6.45) is 1.87. The standard InChI is InChI=1S/C21H30N4O3/c1-21(2)18(16-8-9-28-19(16)21)24-20(22-3)23-13-10-17(26)25(12-13)14-6-5-7-15(11-14)27-4/h5-7,11,13,16,18-19H,8-10,12H2,1-4H3,(H2,22,23,24). The molecule has 2 aliphatic heterocycles. The van der Waals surface area contributed by atoms with E-state index in [1.54, 1.807) is 14.2 Å². The van der Waals surface area contributed by atoms with E-state index in [0.29, 0.717) is 31.0 Å². The first-order chi connectivity index (χ1) is 13.4. The predicted molar refractivity (Wildman–Crippen MR) is 109 cm³/mol. The van der Waals surface area contributed by atoms with Gasteiger partial charge in [-0.2, -0.15) is 0 Å². The summed E-state index contributed by atoms with van der Waals surface area (Å²) >= 11 is 0. The lowest BCUT2D eigenvalue weighted by Crippen LogP contribution is -2.68. The minimum atomic E-state index is 0.0173. The van der Waals surface area contributed by atoms with Crippen molar-refractivity contribution in [1.82, 2.24) is 10.6 Å². The Morgan fingerprint density at radius 2 is 2.18 bits per heavy atom. The van der Waals surface area contributed by atoms with Gasteiger partial charge < -0.3 is 25.0 Å². The Morgan fingerprint density at radius 3 is 2.93 bits per heavy atom. The summed E-state index contributed by atoms with van der Waals surface area (Å²) in [6.45, 7) is 5.94. The number of aliphatic imine (C=N–C) groups is 1. The SMILES string of the molecule is CN=C(NC1CC(=O)N(c2cccc(OC)c2)C1)NC1C2CCOC2C1(C)C. The normalized spacial score (nSPS) is 31.4. The molecule has 1 amide bonds. The van der Waals surface area contributed by atoms with Crippen molar-refractivity contribution in [2.24, 2.45) is 16.3 Å². The summed E-state index contributed by atoms with van der Waals surface area (Å²) in [7, 11) is 3.41. The Labute approximate surface area is 166 Å². The first-order valence-corrected chi connectivity index (χ1v) is 10.00. The molecule has 0 bridgehead atoms. The molecule has 4 atom stereocenters. The molecule has 0 aromatic heterocycles. The van der Waals surface area contributed by atoms with E-state index in [-0.39, 0.29) is 17.4 Å². The number of hydrogen-bond donors (Lipinski definition) is 2. The topological polar surface area (TPSA) is 75.2 Å². The molecule has 2 N–H and O–H groups in total. The van der Waals surface area contributed by atoms with Crippen LogP contribution in [0.25, 0.3) is 0 Å². The number of carbonyl (C=O) groups is 1. The maximum Gasteiger partial charge on any atom is 0.229 e. The van der Waals surface area contributed by atoms with Gasteiger partial charge in [-0.05, 0) is 18.6 Å². The van der Waals surface area contributed by atoms with Crippen LogP contribution in [0.5, 0.6) is 5.75 Å². The van der Waals surface area contributed by atoms with Gasteiger partial charge in [-0.1, -0.05) is 19.9 Å². The van der Waals surface area contributed by atoms with E-state index in [0.717, 1.165) is 30.4 Å². The fourth-order valence-corrected chi connectivity index (χ4v) is 4.96. The number of methoxy groups -OCH3 is 1. The lowest BCUT2D eigenvalue weighted by molar-refractivity contribution is -0.117. The molecule has 3 fully saturated rings. The fraction of sp³-hybridized carbons (Fsp3) is 0.619. The van der Waals surface area contributed by atoms with Crippen molar-refractivity contribution in [2.45, 2.75) is 44.9 Å². The number of carbonyl (C=O) groups excluding carboxylic acids is 1.